The molecule has 0 aliphatic carbocycles. The Morgan fingerprint density at radius 3 is 2.64 bits per heavy atom. The number of amides is 1. The molecule has 3 rings (SSSR count). The summed E-state index contributed by atoms with van der Waals surface area (Å²) in [5, 5.41) is 10.8. The van der Waals surface area contributed by atoms with E-state index in [-0.39, 0.29) is 24.1 Å². The fraction of sp³-hybridized carbons (Fsp3) is 0.200. The summed E-state index contributed by atoms with van der Waals surface area (Å²) in [7, 11) is 0. The highest BCUT2D eigenvalue weighted by atomic mass is 32.2. The number of nitrogens with one attached hydrogen (secondary N) is 1. The number of Topliss-reactive ketones (excluding diaryl/α,β-unsaturated/α-hetero) is 1. The van der Waals surface area contributed by atoms with Crippen LogP contribution in [0.1, 0.15) is 28.7 Å². The number of aromatic nitrogens is 2. The minimum atomic E-state index is -0.159. The Morgan fingerprint density at radius 1 is 1.14 bits per heavy atom. The lowest BCUT2D eigenvalue weighted by Crippen LogP contribution is -2.07. The fourth-order valence-electron chi connectivity index (χ4n) is 2.36. The average Bonchev–Trinajstić information content (AvgIpc) is 3.13. The maximum absolute atomic E-state index is 12.3. The van der Waals surface area contributed by atoms with E-state index in [0.29, 0.717) is 22.4 Å². The van der Waals surface area contributed by atoms with Crippen LogP contribution in [0.15, 0.2) is 58.2 Å². The van der Waals surface area contributed by atoms with Crippen molar-refractivity contribution in [2.75, 3.05) is 11.1 Å². The third-order valence-electron chi connectivity index (χ3n) is 3.65. The van der Waals surface area contributed by atoms with Crippen LogP contribution in [0, 0.1) is 6.92 Å². The van der Waals surface area contributed by atoms with Gasteiger partial charge in [0.1, 0.15) is 5.75 Å². The van der Waals surface area contributed by atoms with E-state index in [1.165, 1.54) is 18.7 Å². The number of benzene rings is 2. The van der Waals surface area contributed by atoms with Crippen LogP contribution >= 0.6 is 11.8 Å². The Kier molecular flexibility index (Phi) is 6.44. The third-order valence-corrected chi connectivity index (χ3v) is 4.47. The van der Waals surface area contributed by atoms with E-state index in [4.69, 9.17) is 9.15 Å². The quantitative estimate of drug-likeness (QED) is 0.455. The predicted octanol–water partition coefficient (Wildman–Crippen LogP) is 3.89. The Morgan fingerprint density at radius 2 is 1.93 bits per heavy atom. The summed E-state index contributed by atoms with van der Waals surface area (Å²) in [5.74, 6) is 1.00. The number of nitrogens with zero attached hydrogens (tertiary/aromatic N) is 2. The first-order valence-corrected chi connectivity index (χ1v) is 9.53. The van der Waals surface area contributed by atoms with E-state index in [2.05, 4.69) is 15.5 Å². The molecule has 0 fully saturated rings. The lowest BCUT2D eigenvalue weighted by atomic mass is 10.1. The standard InChI is InChI=1S/C20H19N3O4S/c1-13-4-3-5-17(10-13)26-11-19-22-23-20(27-19)28-12-18(25)15-6-8-16(9-7-15)21-14(2)24/h3-10H,11-12H2,1-2H3,(H,21,24). The van der Waals surface area contributed by atoms with Gasteiger partial charge in [0.2, 0.25) is 5.91 Å². The van der Waals surface area contributed by atoms with Crippen LogP contribution in [0.3, 0.4) is 0 Å². The van der Waals surface area contributed by atoms with E-state index < -0.39 is 0 Å². The molecular weight excluding hydrogens is 378 g/mol. The molecule has 0 saturated heterocycles. The zero-order valence-electron chi connectivity index (χ0n) is 15.5. The monoisotopic (exact) mass is 397 g/mol. The van der Waals surface area contributed by atoms with Gasteiger partial charge in [-0.2, -0.15) is 0 Å². The van der Waals surface area contributed by atoms with Crippen molar-refractivity contribution in [3.8, 4) is 5.75 Å². The van der Waals surface area contributed by atoms with Crippen molar-refractivity contribution in [1.29, 1.82) is 0 Å². The molecule has 0 aliphatic heterocycles. The summed E-state index contributed by atoms with van der Waals surface area (Å²) < 4.78 is 11.1. The molecule has 3 aromatic rings. The van der Waals surface area contributed by atoms with Gasteiger partial charge in [0.05, 0.1) is 5.75 Å². The van der Waals surface area contributed by atoms with Gasteiger partial charge in [0.25, 0.3) is 11.1 Å². The molecule has 1 N–H and O–H groups in total. The molecule has 0 atom stereocenters. The SMILES string of the molecule is CC(=O)Nc1ccc(C(=O)CSc2nnc(COc3cccc(C)c3)o2)cc1. The van der Waals surface area contributed by atoms with Crippen LogP contribution in [0.5, 0.6) is 5.75 Å². The highest BCUT2D eigenvalue weighted by Gasteiger charge is 2.12. The van der Waals surface area contributed by atoms with E-state index in [9.17, 15) is 9.59 Å². The van der Waals surface area contributed by atoms with Gasteiger partial charge in [-0.15, -0.1) is 10.2 Å². The molecule has 1 heterocycles. The minimum Gasteiger partial charge on any atom is -0.484 e. The van der Waals surface area contributed by atoms with Gasteiger partial charge in [0, 0.05) is 18.2 Å². The molecule has 1 aromatic heterocycles. The summed E-state index contributed by atoms with van der Waals surface area (Å²) in [5.41, 5.74) is 2.29. The van der Waals surface area contributed by atoms with Crippen LogP contribution in [-0.4, -0.2) is 27.6 Å². The van der Waals surface area contributed by atoms with Gasteiger partial charge >= 0.3 is 0 Å². The minimum absolute atomic E-state index is 0.0739. The van der Waals surface area contributed by atoms with Crippen molar-refractivity contribution >= 4 is 29.1 Å². The first-order valence-electron chi connectivity index (χ1n) is 8.55. The molecule has 2 aromatic carbocycles. The lowest BCUT2D eigenvalue weighted by Gasteiger charge is -2.04. The van der Waals surface area contributed by atoms with Crippen LogP contribution in [0.2, 0.25) is 0 Å². The highest BCUT2D eigenvalue weighted by molar-refractivity contribution is 7.99. The Balaban J connectivity index is 1.49. The van der Waals surface area contributed by atoms with E-state index in [0.717, 1.165) is 11.3 Å². The number of thioether (sulfide) groups is 1. The van der Waals surface area contributed by atoms with E-state index in [1.807, 2.05) is 31.2 Å². The second-order valence-corrected chi connectivity index (χ2v) is 6.96. The van der Waals surface area contributed by atoms with Crippen LogP contribution < -0.4 is 10.1 Å². The van der Waals surface area contributed by atoms with E-state index in [1.54, 1.807) is 24.3 Å². The Hall–Kier alpha value is -3.13. The summed E-state index contributed by atoms with van der Waals surface area (Å²) >= 11 is 1.17. The summed E-state index contributed by atoms with van der Waals surface area (Å²) in [6.45, 7) is 3.58. The average molecular weight is 397 g/mol. The first-order chi connectivity index (χ1) is 13.5. The number of hydrogen-bond acceptors (Lipinski definition) is 7. The van der Waals surface area contributed by atoms with Crippen LogP contribution in [-0.2, 0) is 11.4 Å². The molecule has 7 nitrogen and oxygen atoms in total. The second kappa shape index (κ2) is 9.18. The second-order valence-electron chi connectivity index (χ2n) is 6.04. The molecule has 0 spiro atoms. The topological polar surface area (TPSA) is 94.3 Å². The highest BCUT2D eigenvalue weighted by Crippen LogP contribution is 2.20. The summed E-state index contributed by atoms with van der Waals surface area (Å²) in [4.78, 5) is 23.3. The van der Waals surface area contributed by atoms with Gasteiger partial charge in [-0.05, 0) is 48.9 Å². The number of carbonyl (C=O) groups is 2. The van der Waals surface area contributed by atoms with Crippen molar-refractivity contribution in [1.82, 2.24) is 10.2 Å². The number of hydrogen-bond donors (Lipinski definition) is 1. The molecule has 144 valence electrons. The first kappa shape index (κ1) is 19.6. The van der Waals surface area contributed by atoms with Crippen molar-refractivity contribution in [3.05, 3.63) is 65.5 Å². The van der Waals surface area contributed by atoms with Crippen molar-refractivity contribution in [2.24, 2.45) is 0 Å². The maximum atomic E-state index is 12.3. The molecular formula is C20H19N3O4S. The van der Waals surface area contributed by atoms with Crippen LogP contribution in [0.4, 0.5) is 5.69 Å². The molecule has 0 unspecified atom stereocenters. The van der Waals surface area contributed by atoms with Gasteiger partial charge < -0.3 is 14.5 Å². The zero-order chi connectivity index (χ0) is 19.9. The van der Waals surface area contributed by atoms with Crippen molar-refractivity contribution in [3.63, 3.8) is 0 Å². The Bertz CT molecular complexity index is 970. The summed E-state index contributed by atoms with van der Waals surface area (Å²) in [6, 6.07) is 14.4. The molecule has 1 amide bonds. The zero-order valence-corrected chi connectivity index (χ0v) is 16.3. The van der Waals surface area contributed by atoms with Gasteiger partial charge in [-0.1, -0.05) is 23.9 Å². The number of ether oxygens (including phenoxy) is 1. The largest absolute Gasteiger partial charge is 0.484 e. The molecule has 0 saturated carbocycles. The maximum Gasteiger partial charge on any atom is 0.277 e. The van der Waals surface area contributed by atoms with Crippen molar-refractivity contribution < 1.29 is 18.7 Å². The molecule has 0 aliphatic rings. The number of aryl methyl sites for hydroxylation is 1. The van der Waals surface area contributed by atoms with Gasteiger partial charge in [0.15, 0.2) is 12.4 Å². The van der Waals surface area contributed by atoms with Crippen LogP contribution in [0.25, 0.3) is 0 Å². The fourth-order valence-corrected chi connectivity index (χ4v) is 3.03. The smallest absolute Gasteiger partial charge is 0.277 e. The van der Waals surface area contributed by atoms with Gasteiger partial charge in [-0.3, -0.25) is 9.59 Å². The number of ketones is 1. The molecule has 8 heteroatoms. The number of anilines is 1. The third kappa shape index (κ3) is 5.68. The Labute approximate surface area is 166 Å². The number of rotatable bonds is 8. The van der Waals surface area contributed by atoms with Gasteiger partial charge in [-0.25, -0.2) is 0 Å². The van der Waals surface area contributed by atoms with E-state index >= 15 is 0 Å². The lowest BCUT2D eigenvalue weighted by molar-refractivity contribution is -0.114. The molecule has 0 radical (unpaired) electrons. The number of carbonyl (C=O) groups excluding carboxylic acids is 2. The molecule has 0 bridgehead atoms. The normalized spacial score (nSPS) is 10.5. The predicted molar refractivity (Wildman–Crippen MR) is 106 cm³/mol. The van der Waals surface area contributed by atoms with Crippen molar-refractivity contribution in [2.45, 2.75) is 25.7 Å². The molecule has 28 heavy (non-hydrogen) atoms. The summed E-state index contributed by atoms with van der Waals surface area (Å²) in [6.07, 6.45) is 0.